The first-order chi connectivity index (χ1) is 8.58. The number of thiazole rings is 1. The first-order valence-electron chi connectivity index (χ1n) is 5.02. The lowest BCUT2D eigenvalue weighted by atomic mass is 10.2. The Kier molecular flexibility index (Phi) is 3.33. The SMILES string of the molecule is Cc1ccc(NC(=O)c2cscn2)c([N+](=O)[O-])c1. The summed E-state index contributed by atoms with van der Waals surface area (Å²) in [6, 6.07) is 4.62. The van der Waals surface area contributed by atoms with Gasteiger partial charge in [0.1, 0.15) is 11.4 Å². The Morgan fingerprint density at radius 3 is 2.89 bits per heavy atom. The zero-order valence-electron chi connectivity index (χ0n) is 9.41. The van der Waals surface area contributed by atoms with Crippen molar-refractivity contribution in [2.75, 3.05) is 5.32 Å². The van der Waals surface area contributed by atoms with E-state index in [-0.39, 0.29) is 17.1 Å². The van der Waals surface area contributed by atoms with Gasteiger partial charge < -0.3 is 5.32 Å². The molecule has 2 rings (SSSR count). The number of hydrogen-bond donors (Lipinski definition) is 1. The van der Waals surface area contributed by atoms with E-state index >= 15 is 0 Å². The Bertz CT molecular complexity index is 596. The van der Waals surface area contributed by atoms with Crippen LogP contribution < -0.4 is 5.32 Å². The van der Waals surface area contributed by atoms with E-state index < -0.39 is 10.8 Å². The Morgan fingerprint density at radius 1 is 1.50 bits per heavy atom. The number of anilines is 1. The Balaban J connectivity index is 2.29. The molecular formula is C11H9N3O3S. The van der Waals surface area contributed by atoms with Crippen molar-refractivity contribution in [2.24, 2.45) is 0 Å². The molecule has 92 valence electrons. The molecule has 1 aromatic heterocycles. The van der Waals surface area contributed by atoms with Gasteiger partial charge in [0, 0.05) is 11.4 Å². The van der Waals surface area contributed by atoms with Gasteiger partial charge in [0.2, 0.25) is 0 Å². The standard InChI is InChI=1S/C11H9N3O3S/c1-7-2-3-8(10(4-7)14(16)17)13-11(15)9-5-18-6-12-9/h2-6H,1H3,(H,13,15). The maximum atomic E-state index is 11.7. The summed E-state index contributed by atoms with van der Waals surface area (Å²) in [5.74, 6) is -0.455. The smallest absolute Gasteiger partial charge is 0.293 e. The fourth-order valence-electron chi connectivity index (χ4n) is 1.41. The van der Waals surface area contributed by atoms with E-state index in [1.165, 1.54) is 29.0 Å². The quantitative estimate of drug-likeness (QED) is 0.681. The molecule has 0 aliphatic heterocycles. The summed E-state index contributed by atoms with van der Waals surface area (Å²) in [6.45, 7) is 1.75. The summed E-state index contributed by atoms with van der Waals surface area (Å²) in [7, 11) is 0. The van der Waals surface area contributed by atoms with E-state index in [2.05, 4.69) is 10.3 Å². The molecule has 0 spiro atoms. The molecule has 1 aromatic carbocycles. The van der Waals surface area contributed by atoms with Gasteiger partial charge in [0.25, 0.3) is 11.6 Å². The van der Waals surface area contributed by atoms with Crippen LogP contribution in [0.3, 0.4) is 0 Å². The van der Waals surface area contributed by atoms with Gasteiger partial charge in [0.05, 0.1) is 10.4 Å². The van der Waals surface area contributed by atoms with Crippen molar-refractivity contribution in [3.63, 3.8) is 0 Å². The monoisotopic (exact) mass is 263 g/mol. The lowest BCUT2D eigenvalue weighted by Crippen LogP contribution is -2.13. The number of nitro groups is 1. The molecule has 18 heavy (non-hydrogen) atoms. The molecule has 1 N–H and O–H groups in total. The second-order valence-corrected chi connectivity index (χ2v) is 4.32. The van der Waals surface area contributed by atoms with Crippen molar-refractivity contribution in [1.82, 2.24) is 4.98 Å². The van der Waals surface area contributed by atoms with Gasteiger partial charge in [-0.25, -0.2) is 4.98 Å². The van der Waals surface area contributed by atoms with Gasteiger partial charge in [-0.2, -0.15) is 0 Å². The molecule has 0 atom stereocenters. The van der Waals surface area contributed by atoms with Crippen molar-refractivity contribution < 1.29 is 9.72 Å². The van der Waals surface area contributed by atoms with Gasteiger partial charge in [-0.15, -0.1) is 11.3 Å². The van der Waals surface area contributed by atoms with Gasteiger partial charge in [-0.1, -0.05) is 6.07 Å². The van der Waals surface area contributed by atoms with Crippen LogP contribution in [0, 0.1) is 17.0 Å². The lowest BCUT2D eigenvalue weighted by molar-refractivity contribution is -0.384. The molecule has 0 saturated heterocycles. The van der Waals surface area contributed by atoms with Crippen molar-refractivity contribution in [3.8, 4) is 0 Å². The Labute approximate surface area is 106 Å². The minimum atomic E-state index is -0.524. The largest absolute Gasteiger partial charge is 0.315 e. The molecule has 0 unspecified atom stereocenters. The maximum absolute atomic E-state index is 11.7. The summed E-state index contributed by atoms with van der Waals surface area (Å²) < 4.78 is 0. The van der Waals surface area contributed by atoms with E-state index in [1.54, 1.807) is 18.4 Å². The number of carbonyl (C=O) groups excluding carboxylic acids is 1. The highest BCUT2D eigenvalue weighted by Crippen LogP contribution is 2.25. The van der Waals surface area contributed by atoms with Crippen LogP contribution in [-0.2, 0) is 0 Å². The van der Waals surface area contributed by atoms with Gasteiger partial charge in [0.15, 0.2) is 0 Å². The molecule has 0 radical (unpaired) electrons. The second kappa shape index (κ2) is 4.92. The highest BCUT2D eigenvalue weighted by Gasteiger charge is 2.17. The maximum Gasteiger partial charge on any atom is 0.293 e. The normalized spacial score (nSPS) is 10.1. The Hall–Kier alpha value is -2.28. The number of benzene rings is 1. The van der Waals surface area contributed by atoms with E-state index in [1.807, 2.05) is 0 Å². The summed E-state index contributed by atoms with van der Waals surface area (Å²) >= 11 is 1.29. The minimum Gasteiger partial charge on any atom is -0.315 e. The predicted molar refractivity (Wildman–Crippen MR) is 67.9 cm³/mol. The van der Waals surface area contributed by atoms with E-state index in [0.29, 0.717) is 0 Å². The van der Waals surface area contributed by atoms with Crippen molar-refractivity contribution >= 4 is 28.6 Å². The third-order valence-corrected chi connectivity index (χ3v) is 2.85. The number of rotatable bonds is 3. The highest BCUT2D eigenvalue weighted by atomic mass is 32.1. The second-order valence-electron chi connectivity index (χ2n) is 3.61. The molecule has 0 aliphatic rings. The van der Waals surface area contributed by atoms with Gasteiger partial charge in [-0.3, -0.25) is 14.9 Å². The van der Waals surface area contributed by atoms with Crippen molar-refractivity contribution in [3.05, 3.63) is 50.5 Å². The van der Waals surface area contributed by atoms with E-state index in [4.69, 9.17) is 0 Å². The van der Waals surface area contributed by atoms with Crippen LogP contribution in [0.4, 0.5) is 11.4 Å². The average Bonchev–Trinajstić information content (AvgIpc) is 2.84. The first kappa shape index (κ1) is 12.2. The van der Waals surface area contributed by atoms with Crippen LogP contribution in [0.25, 0.3) is 0 Å². The van der Waals surface area contributed by atoms with Crippen LogP contribution in [0.5, 0.6) is 0 Å². The summed E-state index contributed by atoms with van der Waals surface area (Å²) in [5, 5.41) is 14.9. The molecule has 0 fully saturated rings. The van der Waals surface area contributed by atoms with Crippen LogP contribution in [0.1, 0.15) is 16.1 Å². The molecular weight excluding hydrogens is 254 g/mol. The molecule has 1 heterocycles. The number of nitrogens with zero attached hydrogens (tertiary/aromatic N) is 2. The third-order valence-electron chi connectivity index (χ3n) is 2.26. The minimum absolute atomic E-state index is 0.126. The zero-order chi connectivity index (χ0) is 13.1. The lowest BCUT2D eigenvalue weighted by Gasteiger charge is -2.05. The molecule has 7 heteroatoms. The van der Waals surface area contributed by atoms with Crippen LogP contribution >= 0.6 is 11.3 Å². The number of aromatic nitrogens is 1. The number of nitro benzene ring substituents is 1. The summed E-state index contributed by atoms with van der Waals surface area (Å²) in [6.07, 6.45) is 0. The number of carbonyl (C=O) groups is 1. The highest BCUT2D eigenvalue weighted by molar-refractivity contribution is 7.07. The molecule has 0 aliphatic carbocycles. The van der Waals surface area contributed by atoms with Crippen LogP contribution in [-0.4, -0.2) is 15.8 Å². The fourth-order valence-corrected chi connectivity index (χ4v) is 1.94. The van der Waals surface area contributed by atoms with Crippen LogP contribution in [0.15, 0.2) is 29.1 Å². The van der Waals surface area contributed by atoms with Gasteiger partial charge in [-0.05, 0) is 18.6 Å². The summed E-state index contributed by atoms with van der Waals surface area (Å²) in [4.78, 5) is 25.9. The topological polar surface area (TPSA) is 85.1 Å². The first-order valence-corrected chi connectivity index (χ1v) is 5.97. The van der Waals surface area contributed by atoms with Crippen molar-refractivity contribution in [1.29, 1.82) is 0 Å². The fraction of sp³-hybridized carbons (Fsp3) is 0.0909. The number of aryl methyl sites for hydroxylation is 1. The predicted octanol–water partition coefficient (Wildman–Crippen LogP) is 2.61. The number of hydrogen-bond acceptors (Lipinski definition) is 5. The Morgan fingerprint density at radius 2 is 2.28 bits per heavy atom. The molecule has 0 bridgehead atoms. The molecule has 0 saturated carbocycles. The molecule has 1 amide bonds. The van der Waals surface area contributed by atoms with E-state index in [9.17, 15) is 14.9 Å². The summed E-state index contributed by atoms with van der Waals surface area (Å²) in [5.41, 5.74) is 2.57. The third kappa shape index (κ3) is 2.51. The van der Waals surface area contributed by atoms with Crippen LogP contribution in [0.2, 0.25) is 0 Å². The zero-order valence-corrected chi connectivity index (χ0v) is 10.2. The van der Waals surface area contributed by atoms with E-state index in [0.717, 1.165) is 5.56 Å². The number of nitrogens with one attached hydrogen (secondary N) is 1. The average molecular weight is 263 g/mol. The number of amides is 1. The molecule has 2 aromatic rings. The van der Waals surface area contributed by atoms with Crippen molar-refractivity contribution in [2.45, 2.75) is 6.92 Å². The van der Waals surface area contributed by atoms with Gasteiger partial charge >= 0.3 is 0 Å². The molecule has 6 nitrogen and oxygen atoms in total.